The smallest absolute Gasteiger partial charge is 0.349 e. The Bertz CT molecular complexity index is 646. The number of aryl methyl sites for hydroxylation is 1. The number of aromatic nitrogens is 4. The third kappa shape index (κ3) is 3.07. The molecule has 0 saturated carbocycles. The summed E-state index contributed by atoms with van der Waals surface area (Å²) in [5.41, 5.74) is 5.09. The van der Waals surface area contributed by atoms with Gasteiger partial charge in [-0.3, -0.25) is 4.79 Å². The number of H-pyrrole nitrogens is 1. The van der Waals surface area contributed by atoms with E-state index in [2.05, 4.69) is 20.5 Å². The van der Waals surface area contributed by atoms with Gasteiger partial charge in [-0.15, -0.1) is 0 Å². The zero-order valence-electron chi connectivity index (χ0n) is 10.3. The average Bonchev–Trinajstić information content (AvgIpc) is 2.70. The van der Waals surface area contributed by atoms with Gasteiger partial charge in [0, 0.05) is 12.6 Å². The Labute approximate surface area is 107 Å². The number of nitrogens with zero attached hydrogens (tertiary/aromatic N) is 3. The van der Waals surface area contributed by atoms with Crippen LogP contribution in [-0.4, -0.2) is 45.2 Å². The second-order valence-electron chi connectivity index (χ2n) is 3.86. The van der Waals surface area contributed by atoms with Crippen molar-refractivity contribution in [1.82, 2.24) is 19.6 Å². The van der Waals surface area contributed by atoms with E-state index in [4.69, 9.17) is 10.5 Å². The molecule has 0 unspecified atom stereocenters. The van der Waals surface area contributed by atoms with Crippen LogP contribution in [0.5, 0.6) is 0 Å². The second-order valence-corrected chi connectivity index (χ2v) is 3.86. The number of hydrogen-bond donors (Lipinski definition) is 3. The zero-order valence-corrected chi connectivity index (χ0v) is 10.3. The zero-order chi connectivity index (χ0) is 13.8. The highest BCUT2D eigenvalue weighted by Gasteiger charge is 2.06. The van der Waals surface area contributed by atoms with Crippen LogP contribution in [0, 0.1) is 6.92 Å². The normalized spacial score (nSPS) is 10.8. The highest BCUT2D eigenvalue weighted by molar-refractivity contribution is 5.74. The van der Waals surface area contributed by atoms with Crippen LogP contribution in [-0.2, 0) is 9.53 Å². The molecule has 9 heteroatoms. The van der Waals surface area contributed by atoms with Gasteiger partial charge in [0.05, 0.1) is 6.61 Å². The lowest BCUT2D eigenvalue weighted by molar-refractivity contribution is -0.122. The first kappa shape index (κ1) is 13.0. The molecule has 0 spiro atoms. The molecule has 2 heterocycles. The fraction of sp³-hybridized carbons (Fsp3) is 0.400. The van der Waals surface area contributed by atoms with Crippen molar-refractivity contribution in [2.24, 2.45) is 5.73 Å². The van der Waals surface area contributed by atoms with Crippen molar-refractivity contribution < 1.29 is 9.53 Å². The standard InChI is InChI=1S/C10H14N6O3/c1-6-13-8(12-2-3-19-5-7(11)17)4-9-14-15-10(18)16(6)9/h4,12H,2-3,5H2,1H3,(H2,11,17)(H,15,18). The van der Waals surface area contributed by atoms with Gasteiger partial charge in [-0.05, 0) is 6.92 Å². The van der Waals surface area contributed by atoms with Crippen LogP contribution < -0.4 is 16.7 Å². The lowest BCUT2D eigenvalue weighted by Crippen LogP contribution is -2.21. The Hall–Kier alpha value is -2.42. The Morgan fingerprint density at radius 3 is 3.16 bits per heavy atom. The van der Waals surface area contributed by atoms with Crippen molar-refractivity contribution in [2.45, 2.75) is 6.92 Å². The summed E-state index contributed by atoms with van der Waals surface area (Å²) in [5, 5.41) is 9.21. The van der Waals surface area contributed by atoms with Crippen LogP contribution in [0.15, 0.2) is 10.9 Å². The van der Waals surface area contributed by atoms with Crippen LogP contribution >= 0.6 is 0 Å². The molecule has 0 radical (unpaired) electrons. The summed E-state index contributed by atoms with van der Waals surface area (Å²) in [4.78, 5) is 26.1. The number of fused-ring (bicyclic) bond motifs is 1. The first-order chi connectivity index (χ1) is 9.08. The maximum atomic E-state index is 11.4. The lowest BCUT2D eigenvalue weighted by atomic mass is 10.5. The number of anilines is 1. The van der Waals surface area contributed by atoms with Crippen molar-refractivity contribution in [3.8, 4) is 0 Å². The molecular formula is C10H14N6O3. The Morgan fingerprint density at radius 1 is 1.63 bits per heavy atom. The lowest BCUT2D eigenvalue weighted by Gasteiger charge is -2.07. The molecular weight excluding hydrogens is 252 g/mol. The molecule has 0 fully saturated rings. The van der Waals surface area contributed by atoms with Gasteiger partial charge in [0.1, 0.15) is 18.2 Å². The molecule has 0 saturated heterocycles. The van der Waals surface area contributed by atoms with E-state index >= 15 is 0 Å². The molecule has 19 heavy (non-hydrogen) atoms. The average molecular weight is 266 g/mol. The van der Waals surface area contributed by atoms with Gasteiger partial charge in [0.25, 0.3) is 0 Å². The third-order valence-corrected chi connectivity index (χ3v) is 2.37. The maximum absolute atomic E-state index is 11.4. The first-order valence-electron chi connectivity index (χ1n) is 5.62. The van der Waals surface area contributed by atoms with E-state index in [-0.39, 0.29) is 12.3 Å². The molecule has 0 atom stereocenters. The molecule has 4 N–H and O–H groups in total. The van der Waals surface area contributed by atoms with E-state index < -0.39 is 5.91 Å². The maximum Gasteiger partial charge on any atom is 0.349 e. The van der Waals surface area contributed by atoms with Crippen molar-refractivity contribution >= 4 is 17.4 Å². The Balaban J connectivity index is 1.98. The van der Waals surface area contributed by atoms with Crippen LogP contribution in [0.3, 0.4) is 0 Å². The summed E-state index contributed by atoms with van der Waals surface area (Å²) in [6.45, 7) is 2.38. The highest BCUT2D eigenvalue weighted by atomic mass is 16.5. The molecule has 1 amide bonds. The minimum atomic E-state index is -0.508. The van der Waals surface area contributed by atoms with E-state index in [1.165, 1.54) is 4.40 Å². The van der Waals surface area contributed by atoms with Crippen molar-refractivity contribution in [2.75, 3.05) is 25.1 Å². The minimum absolute atomic E-state index is 0.109. The molecule has 9 nitrogen and oxygen atoms in total. The molecule has 0 aliphatic rings. The van der Waals surface area contributed by atoms with Gasteiger partial charge < -0.3 is 15.8 Å². The number of hydrogen-bond acceptors (Lipinski definition) is 6. The number of carbonyl (C=O) groups excluding carboxylic acids is 1. The SMILES string of the molecule is Cc1nc(NCCOCC(N)=O)cc2n[nH]c(=O)n12. The monoisotopic (exact) mass is 266 g/mol. The summed E-state index contributed by atoms with van der Waals surface area (Å²) in [6.07, 6.45) is 0. The minimum Gasteiger partial charge on any atom is -0.370 e. The fourth-order valence-corrected chi connectivity index (χ4v) is 1.61. The number of aromatic amines is 1. The predicted molar refractivity (Wildman–Crippen MR) is 66.8 cm³/mol. The fourth-order valence-electron chi connectivity index (χ4n) is 1.61. The molecule has 2 aromatic rings. The summed E-state index contributed by atoms with van der Waals surface area (Å²) >= 11 is 0. The summed E-state index contributed by atoms with van der Waals surface area (Å²) in [7, 11) is 0. The van der Waals surface area contributed by atoms with Gasteiger partial charge in [-0.1, -0.05) is 0 Å². The largest absolute Gasteiger partial charge is 0.370 e. The molecule has 0 aliphatic heterocycles. The van der Waals surface area contributed by atoms with Crippen molar-refractivity contribution in [3.05, 3.63) is 22.4 Å². The van der Waals surface area contributed by atoms with Crippen LogP contribution in [0.25, 0.3) is 5.65 Å². The molecule has 0 aromatic carbocycles. The van der Waals surface area contributed by atoms with Gasteiger partial charge in [-0.25, -0.2) is 19.3 Å². The molecule has 102 valence electrons. The first-order valence-corrected chi connectivity index (χ1v) is 5.62. The number of nitrogens with two attached hydrogens (primary N) is 1. The van der Waals surface area contributed by atoms with E-state index in [1.807, 2.05) is 0 Å². The number of ether oxygens (including phenoxy) is 1. The number of primary amides is 1. The van der Waals surface area contributed by atoms with Crippen molar-refractivity contribution in [3.63, 3.8) is 0 Å². The summed E-state index contributed by atoms with van der Waals surface area (Å²) in [5.74, 6) is 0.592. The van der Waals surface area contributed by atoms with Crippen LogP contribution in [0.1, 0.15) is 5.82 Å². The number of amides is 1. The Morgan fingerprint density at radius 2 is 2.42 bits per heavy atom. The van der Waals surface area contributed by atoms with Gasteiger partial charge in [-0.2, -0.15) is 5.10 Å². The van der Waals surface area contributed by atoms with Crippen LogP contribution in [0.4, 0.5) is 5.82 Å². The van der Waals surface area contributed by atoms with E-state index in [1.54, 1.807) is 13.0 Å². The predicted octanol–water partition coefficient (Wildman–Crippen LogP) is -1.36. The van der Waals surface area contributed by atoms with Gasteiger partial charge >= 0.3 is 5.69 Å². The van der Waals surface area contributed by atoms with Crippen LogP contribution in [0.2, 0.25) is 0 Å². The highest BCUT2D eigenvalue weighted by Crippen LogP contribution is 2.07. The quantitative estimate of drug-likeness (QED) is 0.554. The van der Waals surface area contributed by atoms with Gasteiger partial charge in [0.15, 0.2) is 5.65 Å². The van der Waals surface area contributed by atoms with E-state index in [0.29, 0.717) is 30.4 Å². The number of carbonyl (C=O) groups is 1. The number of nitrogens with one attached hydrogen (secondary N) is 2. The second kappa shape index (κ2) is 5.48. The summed E-state index contributed by atoms with van der Waals surface area (Å²) < 4.78 is 6.37. The van der Waals surface area contributed by atoms with E-state index in [9.17, 15) is 9.59 Å². The number of rotatable bonds is 6. The Kier molecular flexibility index (Phi) is 3.76. The molecule has 2 rings (SSSR count). The van der Waals surface area contributed by atoms with E-state index in [0.717, 1.165) is 0 Å². The van der Waals surface area contributed by atoms with Crippen molar-refractivity contribution in [1.29, 1.82) is 0 Å². The topological polar surface area (TPSA) is 127 Å². The molecule has 2 aromatic heterocycles. The molecule has 0 bridgehead atoms. The van der Waals surface area contributed by atoms with Gasteiger partial charge in [0.2, 0.25) is 5.91 Å². The summed E-state index contributed by atoms with van der Waals surface area (Å²) in [6, 6.07) is 1.64. The third-order valence-electron chi connectivity index (χ3n) is 2.37. The molecule has 0 aliphatic carbocycles.